The highest BCUT2D eigenvalue weighted by atomic mass is 35.5. The van der Waals surface area contributed by atoms with Crippen LogP contribution in [-0.2, 0) is 28.5 Å². The van der Waals surface area contributed by atoms with Crippen LogP contribution in [0.3, 0.4) is 0 Å². The molecule has 0 saturated carbocycles. The third-order valence-corrected chi connectivity index (χ3v) is 7.11. The fourth-order valence-corrected chi connectivity index (χ4v) is 5.29. The van der Waals surface area contributed by atoms with Crippen LogP contribution in [0.15, 0.2) is 61.2 Å². The molecule has 2 aromatic heterocycles. The number of carbonyl (C=O) groups excluding carboxylic acids is 1. The summed E-state index contributed by atoms with van der Waals surface area (Å²) in [5.41, 5.74) is 3.31. The zero-order chi connectivity index (χ0) is 24.0. The van der Waals surface area contributed by atoms with Crippen molar-refractivity contribution in [1.82, 2.24) is 19.4 Å². The second-order valence-corrected chi connectivity index (χ2v) is 9.40. The summed E-state index contributed by atoms with van der Waals surface area (Å²) in [5.74, 6) is -0.351. The molecule has 4 aromatic rings. The smallest absolute Gasteiger partial charge is 0.256 e. The summed E-state index contributed by atoms with van der Waals surface area (Å²) in [7, 11) is 0. The van der Waals surface area contributed by atoms with Gasteiger partial charge in [0.2, 0.25) is 0 Å². The van der Waals surface area contributed by atoms with Crippen LogP contribution in [0.25, 0.3) is 10.9 Å². The summed E-state index contributed by atoms with van der Waals surface area (Å²) in [4.78, 5) is 35.1. The normalized spacial score (nSPS) is 17.0. The number of hydrogen-bond donors (Lipinski definition) is 0. The van der Waals surface area contributed by atoms with Crippen LogP contribution in [0.2, 0.25) is 5.02 Å². The van der Waals surface area contributed by atoms with Gasteiger partial charge in [0.05, 0.1) is 29.5 Å². The van der Waals surface area contributed by atoms with Crippen molar-refractivity contribution >= 4 is 28.4 Å². The number of fused-ring (bicyclic) bond motifs is 3. The van der Waals surface area contributed by atoms with Gasteiger partial charge in [-0.05, 0) is 35.4 Å². The van der Waals surface area contributed by atoms with E-state index in [-0.39, 0.29) is 18.3 Å². The molecule has 9 heteroatoms. The van der Waals surface area contributed by atoms with Crippen molar-refractivity contribution < 1.29 is 19.0 Å². The van der Waals surface area contributed by atoms with Crippen LogP contribution in [0.5, 0.6) is 0 Å². The Balaban J connectivity index is 1.28. The molecular formula is C26H22ClFN4O3. The van der Waals surface area contributed by atoms with Gasteiger partial charge in [-0.1, -0.05) is 23.7 Å². The zero-order valence-corrected chi connectivity index (χ0v) is 19.5. The molecule has 0 radical (unpaired) electrons. The van der Waals surface area contributed by atoms with Crippen molar-refractivity contribution in [2.24, 2.45) is 0 Å². The Bertz CT molecular complexity index is 1420. The van der Waals surface area contributed by atoms with Gasteiger partial charge in [-0.15, -0.1) is 0 Å². The first-order valence-corrected chi connectivity index (χ1v) is 11.8. The first-order chi connectivity index (χ1) is 17.0. The molecular weight excluding hydrogens is 471 g/mol. The van der Waals surface area contributed by atoms with E-state index in [9.17, 15) is 9.18 Å². The molecule has 178 valence electrons. The highest BCUT2D eigenvalue weighted by Gasteiger charge is 2.43. The Hall–Kier alpha value is -3.33. The first-order valence-electron chi connectivity index (χ1n) is 11.4. The maximum Gasteiger partial charge on any atom is 0.256 e. The Kier molecular flexibility index (Phi) is 5.51. The number of amides is 1. The molecule has 35 heavy (non-hydrogen) atoms. The van der Waals surface area contributed by atoms with Gasteiger partial charge < -0.3 is 9.47 Å². The molecule has 0 atom stereocenters. The standard InChI is InChI=1S/C26H22ClFN4O3/c27-18-1-3-21-22(15-32(24(21)12-18)14-20-13-29-7-8-30-20)25(33)31-9-5-26(6-10-31)23-4-2-19(28)11-17(23)16-34-35-26/h1-4,7-8,11-13,15H,5-6,9-10,14,16H2. The maximum absolute atomic E-state index is 13.7. The molecule has 2 aliphatic heterocycles. The van der Waals surface area contributed by atoms with Gasteiger partial charge in [0.1, 0.15) is 18.0 Å². The number of likely N-dealkylation sites (tertiary alicyclic amines) is 1. The zero-order valence-electron chi connectivity index (χ0n) is 18.8. The number of rotatable bonds is 3. The number of halogens is 2. The van der Waals surface area contributed by atoms with Crippen LogP contribution in [0.1, 0.15) is 40.0 Å². The molecule has 1 fully saturated rings. The SMILES string of the molecule is O=C(c1cn(Cc2cnccn2)c2cc(Cl)ccc12)N1CCC2(CC1)OOCc1cc(F)ccc12. The van der Waals surface area contributed by atoms with Crippen LogP contribution >= 0.6 is 11.6 Å². The van der Waals surface area contributed by atoms with E-state index in [1.807, 2.05) is 27.8 Å². The highest BCUT2D eigenvalue weighted by molar-refractivity contribution is 6.31. The lowest BCUT2D eigenvalue weighted by molar-refractivity contribution is -0.391. The number of benzene rings is 2. The Morgan fingerprint density at radius 3 is 2.80 bits per heavy atom. The number of hydrogen-bond acceptors (Lipinski definition) is 5. The van der Waals surface area contributed by atoms with E-state index in [4.69, 9.17) is 21.4 Å². The molecule has 1 spiro atoms. The van der Waals surface area contributed by atoms with Gasteiger partial charge in [0, 0.05) is 54.9 Å². The third kappa shape index (κ3) is 3.97. The fourth-order valence-electron chi connectivity index (χ4n) is 5.12. The van der Waals surface area contributed by atoms with Crippen molar-refractivity contribution in [2.45, 2.75) is 31.6 Å². The molecule has 1 amide bonds. The monoisotopic (exact) mass is 492 g/mol. The van der Waals surface area contributed by atoms with E-state index >= 15 is 0 Å². The van der Waals surface area contributed by atoms with Crippen molar-refractivity contribution in [3.05, 3.63) is 94.4 Å². The number of piperidine rings is 1. The lowest BCUT2D eigenvalue weighted by Gasteiger charge is -2.43. The van der Waals surface area contributed by atoms with E-state index in [0.717, 1.165) is 27.7 Å². The highest BCUT2D eigenvalue weighted by Crippen LogP contribution is 2.42. The van der Waals surface area contributed by atoms with E-state index in [1.165, 1.54) is 12.1 Å². The fraction of sp³-hybridized carbons (Fsp3) is 0.269. The minimum Gasteiger partial charge on any atom is -0.341 e. The second kappa shape index (κ2) is 8.71. The molecule has 2 aliphatic rings. The van der Waals surface area contributed by atoms with Crippen molar-refractivity contribution in [2.75, 3.05) is 13.1 Å². The average Bonchev–Trinajstić information content (AvgIpc) is 3.22. The lowest BCUT2D eigenvalue weighted by atomic mass is 9.81. The number of carbonyl (C=O) groups is 1. The average molecular weight is 493 g/mol. The molecule has 1 saturated heterocycles. The minimum absolute atomic E-state index is 0.0545. The van der Waals surface area contributed by atoms with Gasteiger partial charge in [-0.2, -0.15) is 0 Å². The van der Waals surface area contributed by atoms with Gasteiger partial charge >= 0.3 is 0 Å². The second-order valence-electron chi connectivity index (χ2n) is 8.96. The Morgan fingerprint density at radius 1 is 1.14 bits per heavy atom. The van der Waals surface area contributed by atoms with Gasteiger partial charge in [-0.3, -0.25) is 14.8 Å². The van der Waals surface area contributed by atoms with Gasteiger partial charge in [0.25, 0.3) is 5.91 Å². The van der Waals surface area contributed by atoms with Crippen LogP contribution < -0.4 is 0 Å². The van der Waals surface area contributed by atoms with Crippen molar-refractivity contribution in [3.8, 4) is 0 Å². The molecule has 4 heterocycles. The Labute approximate surface area is 206 Å². The maximum atomic E-state index is 13.7. The van der Waals surface area contributed by atoms with Crippen molar-refractivity contribution in [3.63, 3.8) is 0 Å². The predicted octanol–water partition coefficient (Wildman–Crippen LogP) is 4.87. The van der Waals surface area contributed by atoms with Gasteiger partial charge in [-0.25, -0.2) is 14.2 Å². The van der Waals surface area contributed by atoms with Crippen LogP contribution in [0, 0.1) is 5.82 Å². The summed E-state index contributed by atoms with van der Waals surface area (Å²) < 4.78 is 15.7. The molecule has 0 bridgehead atoms. The Morgan fingerprint density at radius 2 is 2.00 bits per heavy atom. The van der Waals surface area contributed by atoms with Crippen molar-refractivity contribution in [1.29, 1.82) is 0 Å². The molecule has 0 unspecified atom stereocenters. The number of aromatic nitrogens is 3. The predicted molar refractivity (Wildman–Crippen MR) is 127 cm³/mol. The van der Waals surface area contributed by atoms with E-state index < -0.39 is 5.60 Å². The quantitative estimate of drug-likeness (QED) is 0.382. The van der Waals surface area contributed by atoms with Gasteiger partial charge in [0.15, 0.2) is 0 Å². The number of nitrogens with zero attached hydrogens (tertiary/aromatic N) is 4. The summed E-state index contributed by atoms with van der Waals surface area (Å²) in [6.07, 6.45) is 7.96. The van der Waals surface area contributed by atoms with E-state index in [1.54, 1.807) is 30.7 Å². The molecule has 0 N–H and O–H groups in total. The topological polar surface area (TPSA) is 69.5 Å². The van der Waals surface area contributed by atoms with Crippen LogP contribution in [0.4, 0.5) is 4.39 Å². The van der Waals surface area contributed by atoms with E-state index in [0.29, 0.717) is 43.1 Å². The van der Waals surface area contributed by atoms with Crippen LogP contribution in [-0.4, -0.2) is 38.4 Å². The molecule has 6 rings (SSSR count). The molecule has 0 aliphatic carbocycles. The summed E-state index contributed by atoms with van der Waals surface area (Å²) in [6.45, 7) is 1.66. The third-order valence-electron chi connectivity index (χ3n) is 6.87. The summed E-state index contributed by atoms with van der Waals surface area (Å²) in [6, 6.07) is 10.2. The lowest BCUT2D eigenvalue weighted by Crippen LogP contribution is -2.48. The first kappa shape index (κ1) is 22.2. The summed E-state index contributed by atoms with van der Waals surface area (Å²) >= 11 is 6.28. The molecule has 7 nitrogen and oxygen atoms in total. The largest absolute Gasteiger partial charge is 0.341 e. The summed E-state index contributed by atoms with van der Waals surface area (Å²) in [5, 5.41) is 1.43. The minimum atomic E-state index is -0.675. The molecule has 2 aromatic carbocycles. The van der Waals surface area contributed by atoms with E-state index in [2.05, 4.69) is 9.97 Å².